The number of hydrogen-bond donors (Lipinski definition) is 1. The minimum Gasteiger partial charge on any atom is -0.497 e. The molecule has 0 spiro atoms. The van der Waals surface area contributed by atoms with Gasteiger partial charge in [0, 0.05) is 12.2 Å². The summed E-state index contributed by atoms with van der Waals surface area (Å²) in [6, 6.07) is 16.8. The van der Waals surface area contributed by atoms with Gasteiger partial charge in [0.25, 0.3) is 0 Å². The van der Waals surface area contributed by atoms with Gasteiger partial charge in [0.1, 0.15) is 5.75 Å². The van der Waals surface area contributed by atoms with Crippen molar-refractivity contribution in [3.8, 4) is 5.75 Å². The SMILES string of the molecule is COc1ccc(N(Cc2ccc(C(C)C)cc2)C(=S)NCCCN(C)C)cc1. The molecule has 0 aliphatic rings. The van der Waals surface area contributed by atoms with Crippen LogP contribution in [0.2, 0.25) is 0 Å². The molecule has 5 heteroatoms. The van der Waals surface area contributed by atoms with Gasteiger partial charge in [-0.1, -0.05) is 38.1 Å². The quantitative estimate of drug-likeness (QED) is 0.489. The lowest BCUT2D eigenvalue weighted by Gasteiger charge is -2.27. The van der Waals surface area contributed by atoms with Crippen molar-refractivity contribution in [2.24, 2.45) is 0 Å². The number of methoxy groups -OCH3 is 1. The Morgan fingerprint density at radius 3 is 2.21 bits per heavy atom. The van der Waals surface area contributed by atoms with Crippen LogP contribution < -0.4 is 15.0 Å². The molecule has 1 N–H and O–H groups in total. The van der Waals surface area contributed by atoms with E-state index in [0.29, 0.717) is 5.92 Å². The van der Waals surface area contributed by atoms with Gasteiger partial charge in [0.15, 0.2) is 5.11 Å². The van der Waals surface area contributed by atoms with Gasteiger partial charge in [-0.25, -0.2) is 0 Å². The molecule has 0 bridgehead atoms. The van der Waals surface area contributed by atoms with E-state index in [1.807, 2.05) is 12.1 Å². The molecule has 0 amide bonds. The number of ether oxygens (including phenoxy) is 1. The first-order valence-electron chi connectivity index (χ1n) is 9.83. The number of rotatable bonds is 9. The largest absolute Gasteiger partial charge is 0.497 e. The number of nitrogens with zero attached hydrogens (tertiary/aromatic N) is 2. The monoisotopic (exact) mass is 399 g/mol. The maximum absolute atomic E-state index is 5.73. The van der Waals surface area contributed by atoms with E-state index in [1.165, 1.54) is 11.1 Å². The lowest BCUT2D eigenvalue weighted by molar-refractivity contribution is 0.400. The Balaban J connectivity index is 2.13. The average Bonchev–Trinajstić information content (AvgIpc) is 2.69. The molecular formula is C23H33N3OS. The van der Waals surface area contributed by atoms with Crippen molar-refractivity contribution in [3.63, 3.8) is 0 Å². The molecule has 0 radical (unpaired) electrons. The first-order chi connectivity index (χ1) is 13.4. The van der Waals surface area contributed by atoms with Crippen LogP contribution in [0.15, 0.2) is 48.5 Å². The van der Waals surface area contributed by atoms with E-state index in [-0.39, 0.29) is 0 Å². The molecule has 0 fully saturated rings. The van der Waals surface area contributed by atoms with Crippen LogP contribution >= 0.6 is 12.2 Å². The predicted molar refractivity (Wildman–Crippen MR) is 123 cm³/mol. The van der Waals surface area contributed by atoms with E-state index < -0.39 is 0 Å². The molecule has 2 aromatic carbocycles. The van der Waals surface area contributed by atoms with E-state index in [9.17, 15) is 0 Å². The van der Waals surface area contributed by atoms with Crippen LogP contribution in [0.1, 0.15) is 37.3 Å². The maximum Gasteiger partial charge on any atom is 0.173 e. The Morgan fingerprint density at radius 1 is 1.04 bits per heavy atom. The van der Waals surface area contributed by atoms with Crippen molar-refractivity contribution >= 4 is 23.0 Å². The summed E-state index contributed by atoms with van der Waals surface area (Å²) in [7, 11) is 5.85. The number of benzene rings is 2. The number of nitrogens with one attached hydrogen (secondary N) is 1. The normalized spacial score (nSPS) is 11.0. The number of thiocarbonyl (C=S) groups is 1. The zero-order chi connectivity index (χ0) is 20.5. The third-order valence-electron chi connectivity index (χ3n) is 4.67. The van der Waals surface area contributed by atoms with Crippen LogP contribution in [0.25, 0.3) is 0 Å². The second kappa shape index (κ2) is 11.0. The summed E-state index contributed by atoms with van der Waals surface area (Å²) >= 11 is 5.73. The van der Waals surface area contributed by atoms with E-state index in [0.717, 1.165) is 42.6 Å². The summed E-state index contributed by atoms with van der Waals surface area (Å²) in [5, 5.41) is 4.16. The summed E-state index contributed by atoms with van der Waals surface area (Å²) < 4.78 is 5.29. The maximum atomic E-state index is 5.73. The van der Waals surface area contributed by atoms with Crippen molar-refractivity contribution in [3.05, 3.63) is 59.7 Å². The molecule has 0 aromatic heterocycles. The molecule has 0 atom stereocenters. The molecular weight excluding hydrogens is 366 g/mol. The molecule has 0 saturated heterocycles. The molecule has 0 heterocycles. The van der Waals surface area contributed by atoms with Gasteiger partial charge in [-0.2, -0.15) is 0 Å². The van der Waals surface area contributed by atoms with E-state index >= 15 is 0 Å². The van der Waals surface area contributed by atoms with Crippen molar-refractivity contribution in [2.75, 3.05) is 39.2 Å². The first kappa shape index (κ1) is 22.2. The van der Waals surface area contributed by atoms with Crippen molar-refractivity contribution in [1.29, 1.82) is 0 Å². The lowest BCUT2D eigenvalue weighted by Crippen LogP contribution is -2.40. The van der Waals surface area contributed by atoms with Gasteiger partial charge in [-0.15, -0.1) is 0 Å². The summed E-state index contributed by atoms with van der Waals surface area (Å²) in [4.78, 5) is 4.33. The molecule has 2 rings (SSSR count). The van der Waals surface area contributed by atoms with Crippen molar-refractivity contribution < 1.29 is 4.74 Å². The summed E-state index contributed by atoms with van der Waals surface area (Å²) in [6.45, 7) is 7.05. The van der Waals surface area contributed by atoms with Crippen LogP contribution in [0.3, 0.4) is 0 Å². The predicted octanol–water partition coefficient (Wildman–Crippen LogP) is 4.65. The van der Waals surface area contributed by atoms with Gasteiger partial charge >= 0.3 is 0 Å². The third-order valence-corrected chi connectivity index (χ3v) is 5.04. The highest BCUT2D eigenvalue weighted by molar-refractivity contribution is 7.80. The van der Waals surface area contributed by atoms with Crippen LogP contribution in [0.5, 0.6) is 5.75 Å². The standard InChI is InChI=1S/C23H33N3OS/c1-18(2)20-9-7-19(8-10-20)17-26(21-11-13-22(27-5)14-12-21)23(28)24-15-6-16-25(3)4/h7-14,18H,6,15-17H2,1-5H3,(H,24,28). The summed E-state index contributed by atoms with van der Waals surface area (Å²) in [6.07, 6.45) is 1.05. The summed E-state index contributed by atoms with van der Waals surface area (Å²) in [5.74, 6) is 1.38. The van der Waals surface area contributed by atoms with E-state index in [2.05, 4.69) is 79.5 Å². The highest BCUT2D eigenvalue weighted by Crippen LogP contribution is 2.22. The van der Waals surface area contributed by atoms with Gasteiger partial charge < -0.3 is 19.9 Å². The molecule has 0 saturated carbocycles. The number of hydrogen-bond acceptors (Lipinski definition) is 3. The van der Waals surface area contributed by atoms with Crippen LogP contribution in [0.4, 0.5) is 5.69 Å². The average molecular weight is 400 g/mol. The minimum atomic E-state index is 0.534. The van der Waals surface area contributed by atoms with Crippen LogP contribution in [0, 0.1) is 0 Å². The molecule has 152 valence electrons. The Kier molecular flexibility index (Phi) is 8.74. The van der Waals surface area contributed by atoms with Gasteiger partial charge in [0.2, 0.25) is 0 Å². The van der Waals surface area contributed by atoms with Crippen molar-refractivity contribution in [2.45, 2.75) is 32.7 Å². The van der Waals surface area contributed by atoms with Crippen LogP contribution in [-0.4, -0.2) is 44.3 Å². The van der Waals surface area contributed by atoms with Gasteiger partial charge in [-0.3, -0.25) is 0 Å². The second-order valence-corrected chi connectivity index (χ2v) is 7.96. The Labute approximate surface area is 175 Å². The van der Waals surface area contributed by atoms with E-state index in [4.69, 9.17) is 17.0 Å². The fourth-order valence-corrected chi connectivity index (χ4v) is 3.19. The summed E-state index contributed by atoms with van der Waals surface area (Å²) in [5.41, 5.74) is 3.64. The first-order valence-corrected chi connectivity index (χ1v) is 10.2. The topological polar surface area (TPSA) is 27.7 Å². The molecule has 2 aromatic rings. The fourth-order valence-electron chi connectivity index (χ4n) is 2.92. The minimum absolute atomic E-state index is 0.534. The fraction of sp³-hybridized carbons (Fsp3) is 0.435. The highest BCUT2D eigenvalue weighted by Gasteiger charge is 2.13. The van der Waals surface area contributed by atoms with Crippen LogP contribution in [-0.2, 0) is 6.54 Å². The Morgan fingerprint density at radius 2 is 1.68 bits per heavy atom. The Hall–Kier alpha value is -2.11. The molecule has 0 aliphatic heterocycles. The van der Waals surface area contributed by atoms with Gasteiger partial charge in [0.05, 0.1) is 13.7 Å². The highest BCUT2D eigenvalue weighted by atomic mass is 32.1. The smallest absolute Gasteiger partial charge is 0.173 e. The molecule has 0 aliphatic carbocycles. The third kappa shape index (κ3) is 6.80. The molecule has 28 heavy (non-hydrogen) atoms. The van der Waals surface area contributed by atoms with Crippen molar-refractivity contribution in [1.82, 2.24) is 10.2 Å². The second-order valence-electron chi connectivity index (χ2n) is 7.57. The van der Waals surface area contributed by atoms with Gasteiger partial charge in [-0.05, 0) is 80.6 Å². The molecule has 4 nitrogen and oxygen atoms in total. The van der Waals surface area contributed by atoms with E-state index in [1.54, 1.807) is 7.11 Å². The molecule has 0 unspecified atom stereocenters. The lowest BCUT2D eigenvalue weighted by atomic mass is 10.0. The zero-order valence-corrected chi connectivity index (χ0v) is 18.6. The zero-order valence-electron chi connectivity index (χ0n) is 17.7. The number of anilines is 1. The Bertz CT molecular complexity index is 727.